The van der Waals surface area contributed by atoms with Crippen LogP contribution in [0.1, 0.15) is 5.56 Å². The van der Waals surface area contributed by atoms with E-state index in [4.69, 9.17) is 17.0 Å². The Morgan fingerprint density at radius 3 is 2.88 bits per heavy atom. The van der Waals surface area contributed by atoms with E-state index in [1.165, 1.54) is 11.8 Å². The van der Waals surface area contributed by atoms with Crippen LogP contribution in [0.4, 0.5) is 0 Å². The van der Waals surface area contributed by atoms with Crippen LogP contribution in [0.3, 0.4) is 0 Å². The predicted octanol–water partition coefficient (Wildman–Crippen LogP) is 3.97. The summed E-state index contributed by atoms with van der Waals surface area (Å²) in [5, 5.41) is 21.0. The number of nitrogens with one attached hydrogen (secondary N) is 1. The summed E-state index contributed by atoms with van der Waals surface area (Å²) in [6.45, 7) is 0. The van der Waals surface area contributed by atoms with Crippen molar-refractivity contribution in [2.75, 3.05) is 7.11 Å². The number of hydrogen-bond donors (Lipinski definition) is 2. The average Bonchev–Trinajstić information content (AvgIpc) is 2.95. The molecule has 0 aliphatic carbocycles. The summed E-state index contributed by atoms with van der Waals surface area (Å²) >= 11 is 8.75. The van der Waals surface area contributed by atoms with Gasteiger partial charge in [0.1, 0.15) is 0 Å². The molecule has 24 heavy (non-hydrogen) atoms. The third kappa shape index (κ3) is 3.24. The molecule has 6 nitrogen and oxygen atoms in total. The molecule has 1 aromatic heterocycles. The summed E-state index contributed by atoms with van der Waals surface area (Å²) in [6, 6.07) is 12.6. The number of aromatic hydroxyl groups is 1. The second kappa shape index (κ2) is 6.98. The van der Waals surface area contributed by atoms with Gasteiger partial charge in [-0.05, 0) is 48.1 Å². The quantitative estimate of drug-likeness (QED) is 0.509. The van der Waals surface area contributed by atoms with Crippen LogP contribution in [-0.4, -0.2) is 33.3 Å². The van der Waals surface area contributed by atoms with E-state index in [0.29, 0.717) is 16.3 Å². The molecule has 2 aromatic carbocycles. The predicted molar refractivity (Wildman–Crippen MR) is 98.2 cm³/mol. The van der Waals surface area contributed by atoms with Crippen LogP contribution in [0.2, 0.25) is 0 Å². The number of H-pyrrole nitrogens is 1. The molecule has 0 radical (unpaired) electrons. The Bertz CT molecular complexity index is 965. The smallest absolute Gasteiger partial charge is 0.216 e. The standard InChI is InChI=1S/C16H13BrN4O2S/c1-23-14-8-10(6-7-13(14)22)9-18-21-15(19-20-16(21)24)11-4-2-3-5-12(11)17/h2-9,22H,1H3,(H,20,24)/b18-9-. The lowest BCUT2D eigenvalue weighted by Gasteiger charge is -2.04. The molecule has 0 saturated carbocycles. The van der Waals surface area contributed by atoms with Gasteiger partial charge in [-0.2, -0.15) is 14.9 Å². The SMILES string of the molecule is COc1cc(/C=N\n2c(-c3ccccc3Br)n[nH]c2=S)ccc1O. The number of rotatable bonds is 4. The lowest BCUT2D eigenvalue weighted by Crippen LogP contribution is -1.96. The van der Waals surface area contributed by atoms with Crippen molar-refractivity contribution in [1.82, 2.24) is 14.9 Å². The Hall–Kier alpha value is -2.45. The Balaban J connectivity index is 2.01. The highest BCUT2D eigenvalue weighted by Crippen LogP contribution is 2.27. The number of phenols is 1. The minimum atomic E-state index is 0.0727. The van der Waals surface area contributed by atoms with Crippen molar-refractivity contribution in [3.63, 3.8) is 0 Å². The number of aromatic amines is 1. The van der Waals surface area contributed by atoms with Gasteiger partial charge < -0.3 is 9.84 Å². The van der Waals surface area contributed by atoms with Gasteiger partial charge in [0.05, 0.1) is 13.3 Å². The number of benzene rings is 2. The maximum absolute atomic E-state index is 9.64. The van der Waals surface area contributed by atoms with Crippen molar-refractivity contribution in [3.8, 4) is 22.9 Å². The average molecular weight is 405 g/mol. The fraction of sp³-hybridized carbons (Fsp3) is 0.0625. The maximum Gasteiger partial charge on any atom is 0.216 e. The number of hydrogen-bond acceptors (Lipinski definition) is 5. The molecule has 0 aliphatic rings. The number of ether oxygens (including phenoxy) is 1. The number of phenolic OH excluding ortho intramolecular Hbond substituents is 1. The van der Waals surface area contributed by atoms with Crippen molar-refractivity contribution >= 4 is 34.4 Å². The molecular weight excluding hydrogens is 392 g/mol. The molecule has 2 N–H and O–H groups in total. The number of halogens is 1. The molecule has 0 atom stereocenters. The fourth-order valence-electron chi connectivity index (χ4n) is 2.11. The van der Waals surface area contributed by atoms with Gasteiger partial charge in [0.15, 0.2) is 17.3 Å². The largest absolute Gasteiger partial charge is 0.504 e. The summed E-state index contributed by atoms with van der Waals surface area (Å²) in [5.41, 5.74) is 1.62. The first kappa shape index (κ1) is 16.4. The van der Waals surface area contributed by atoms with E-state index in [0.717, 1.165) is 15.6 Å². The lowest BCUT2D eigenvalue weighted by atomic mass is 10.2. The van der Waals surface area contributed by atoms with E-state index in [1.807, 2.05) is 24.3 Å². The molecule has 122 valence electrons. The van der Waals surface area contributed by atoms with Gasteiger partial charge in [-0.1, -0.05) is 28.1 Å². The first-order valence-electron chi connectivity index (χ1n) is 6.94. The molecular formula is C16H13BrN4O2S. The second-order valence-corrected chi connectivity index (χ2v) is 6.06. The molecule has 3 aromatic rings. The monoisotopic (exact) mass is 404 g/mol. The van der Waals surface area contributed by atoms with Gasteiger partial charge in [-0.3, -0.25) is 0 Å². The van der Waals surface area contributed by atoms with Crippen molar-refractivity contribution in [2.45, 2.75) is 0 Å². The maximum atomic E-state index is 9.64. The topological polar surface area (TPSA) is 75.4 Å². The van der Waals surface area contributed by atoms with E-state index in [2.05, 4.69) is 31.2 Å². The van der Waals surface area contributed by atoms with Crippen molar-refractivity contribution in [2.24, 2.45) is 5.10 Å². The summed E-state index contributed by atoms with van der Waals surface area (Å²) in [6.07, 6.45) is 1.62. The Kier molecular flexibility index (Phi) is 4.77. The highest BCUT2D eigenvalue weighted by atomic mass is 79.9. The van der Waals surface area contributed by atoms with Crippen LogP contribution in [0.25, 0.3) is 11.4 Å². The normalized spacial score (nSPS) is 11.1. The van der Waals surface area contributed by atoms with Crippen molar-refractivity contribution in [3.05, 3.63) is 57.3 Å². The number of aromatic nitrogens is 3. The summed E-state index contributed by atoms with van der Waals surface area (Å²) in [7, 11) is 1.49. The Labute approximate surface area is 151 Å². The lowest BCUT2D eigenvalue weighted by molar-refractivity contribution is 0.373. The van der Waals surface area contributed by atoms with Crippen LogP contribution in [0.15, 0.2) is 52.0 Å². The third-order valence-electron chi connectivity index (χ3n) is 3.29. The van der Waals surface area contributed by atoms with Crippen LogP contribution < -0.4 is 4.74 Å². The zero-order valence-corrected chi connectivity index (χ0v) is 15.0. The van der Waals surface area contributed by atoms with E-state index < -0.39 is 0 Å². The zero-order chi connectivity index (χ0) is 17.1. The minimum absolute atomic E-state index is 0.0727. The van der Waals surface area contributed by atoms with Gasteiger partial charge >= 0.3 is 0 Å². The van der Waals surface area contributed by atoms with Crippen LogP contribution in [0.5, 0.6) is 11.5 Å². The number of methoxy groups -OCH3 is 1. The second-order valence-electron chi connectivity index (χ2n) is 4.82. The minimum Gasteiger partial charge on any atom is -0.504 e. The number of nitrogens with zero attached hydrogens (tertiary/aromatic N) is 3. The van der Waals surface area contributed by atoms with Crippen LogP contribution in [0, 0.1) is 4.77 Å². The molecule has 8 heteroatoms. The van der Waals surface area contributed by atoms with E-state index in [-0.39, 0.29) is 5.75 Å². The Morgan fingerprint density at radius 1 is 1.33 bits per heavy atom. The highest BCUT2D eigenvalue weighted by molar-refractivity contribution is 9.10. The van der Waals surface area contributed by atoms with Crippen LogP contribution >= 0.6 is 28.1 Å². The molecule has 0 saturated heterocycles. The molecule has 0 fully saturated rings. The van der Waals surface area contributed by atoms with Gasteiger partial charge in [0, 0.05) is 10.0 Å². The molecule has 0 bridgehead atoms. The molecule has 0 amide bonds. The first-order valence-corrected chi connectivity index (χ1v) is 8.14. The van der Waals surface area contributed by atoms with Crippen molar-refractivity contribution in [1.29, 1.82) is 0 Å². The van der Waals surface area contributed by atoms with E-state index in [9.17, 15) is 5.11 Å². The fourth-order valence-corrected chi connectivity index (χ4v) is 2.76. The highest BCUT2D eigenvalue weighted by Gasteiger charge is 2.11. The van der Waals surface area contributed by atoms with Gasteiger partial charge in [-0.15, -0.1) is 0 Å². The molecule has 0 aliphatic heterocycles. The van der Waals surface area contributed by atoms with E-state index >= 15 is 0 Å². The summed E-state index contributed by atoms with van der Waals surface area (Å²) < 4.78 is 7.90. The molecule has 0 spiro atoms. The molecule has 3 rings (SSSR count). The van der Waals surface area contributed by atoms with Crippen LogP contribution in [-0.2, 0) is 0 Å². The van der Waals surface area contributed by atoms with Gasteiger partial charge in [0.2, 0.25) is 4.77 Å². The Morgan fingerprint density at radius 2 is 2.12 bits per heavy atom. The van der Waals surface area contributed by atoms with E-state index in [1.54, 1.807) is 24.4 Å². The molecule has 0 unspecified atom stereocenters. The summed E-state index contributed by atoms with van der Waals surface area (Å²) in [5.74, 6) is 1.04. The van der Waals surface area contributed by atoms with Gasteiger partial charge in [0.25, 0.3) is 0 Å². The summed E-state index contributed by atoms with van der Waals surface area (Å²) in [4.78, 5) is 0. The van der Waals surface area contributed by atoms with Gasteiger partial charge in [-0.25, -0.2) is 5.10 Å². The zero-order valence-electron chi connectivity index (χ0n) is 12.6. The third-order valence-corrected chi connectivity index (χ3v) is 4.25. The molecule has 1 heterocycles. The van der Waals surface area contributed by atoms with Crippen molar-refractivity contribution < 1.29 is 9.84 Å². The first-order chi connectivity index (χ1) is 11.6.